The quantitative estimate of drug-likeness (QED) is 0.578. The summed E-state index contributed by atoms with van der Waals surface area (Å²) in [4.78, 5) is 29.4. The summed E-state index contributed by atoms with van der Waals surface area (Å²) in [5.41, 5.74) is -0.642. The van der Waals surface area contributed by atoms with E-state index in [-0.39, 0.29) is 45.4 Å². The van der Waals surface area contributed by atoms with Gasteiger partial charge >= 0.3 is 0 Å². The van der Waals surface area contributed by atoms with Gasteiger partial charge in [-0.3, -0.25) is 9.59 Å². The summed E-state index contributed by atoms with van der Waals surface area (Å²) in [5, 5.41) is 21.0. The van der Waals surface area contributed by atoms with Gasteiger partial charge in [0.15, 0.2) is 0 Å². The summed E-state index contributed by atoms with van der Waals surface area (Å²) < 4.78 is 45.2. The highest BCUT2D eigenvalue weighted by molar-refractivity contribution is 5.95. The molecule has 11 heteroatoms. The van der Waals surface area contributed by atoms with Crippen molar-refractivity contribution in [1.29, 1.82) is 0 Å². The van der Waals surface area contributed by atoms with Crippen LogP contribution in [-0.4, -0.2) is 110 Å². The number of benzene rings is 1. The maximum atomic E-state index is 14.6. The first kappa shape index (κ1) is 31.0. The highest BCUT2D eigenvalue weighted by Gasteiger charge is 2.35. The van der Waals surface area contributed by atoms with Crippen molar-refractivity contribution in [2.24, 2.45) is 5.92 Å². The minimum absolute atomic E-state index is 0.0152. The number of hydrogen-bond donors (Lipinski definition) is 2. The lowest BCUT2D eigenvalue weighted by atomic mass is 9.99. The lowest BCUT2D eigenvalue weighted by Gasteiger charge is -2.39. The first-order valence-electron chi connectivity index (χ1n) is 12.6. The lowest BCUT2D eigenvalue weighted by molar-refractivity contribution is -0.143. The fraction of sp³-hybridized carbons (Fsp3) is 0.692. The molecule has 9 nitrogen and oxygen atoms in total. The van der Waals surface area contributed by atoms with Gasteiger partial charge in [0.25, 0.3) is 5.91 Å². The number of ether oxygens (including phenoxy) is 3. The van der Waals surface area contributed by atoms with Crippen LogP contribution in [0.4, 0.5) is 8.78 Å². The Bertz CT molecular complexity index is 853. The first-order valence-corrected chi connectivity index (χ1v) is 12.6. The van der Waals surface area contributed by atoms with Crippen molar-refractivity contribution in [2.75, 3.05) is 53.7 Å². The van der Waals surface area contributed by atoms with Gasteiger partial charge < -0.3 is 34.2 Å². The minimum Gasteiger partial charge on any atom is -0.388 e. The van der Waals surface area contributed by atoms with Gasteiger partial charge in [-0.2, -0.15) is 0 Å². The fourth-order valence-electron chi connectivity index (χ4n) is 4.46. The lowest BCUT2D eigenvalue weighted by Crippen LogP contribution is -2.54. The second-order valence-electron chi connectivity index (χ2n) is 9.72. The Balaban J connectivity index is 2.52. The van der Waals surface area contributed by atoms with E-state index >= 15 is 0 Å². The zero-order valence-corrected chi connectivity index (χ0v) is 22.1. The summed E-state index contributed by atoms with van der Waals surface area (Å²) in [6.45, 7) is 3.83. The molecule has 1 aliphatic rings. The average Bonchev–Trinajstić information content (AvgIpc) is 2.84. The van der Waals surface area contributed by atoms with Crippen LogP contribution in [0, 0.1) is 17.6 Å². The van der Waals surface area contributed by atoms with Crippen molar-refractivity contribution >= 4 is 11.8 Å². The molecule has 0 unspecified atom stereocenters. The van der Waals surface area contributed by atoms with Gasteiger partial charge in [-0.25, -0.2) is 8.78 Å². The van der Waals surface area contributed by atoms with Crippen molar-refractivity contribution in [3.05, 3.63) is 35.4 Å². The molecular weight excluding hydrogens is 490 g/mol. The summed E-state index contributed by atoms with van der Waals surface area (Å²) in [7, 11) is 2.72. The molecule has 210 valence electrons. The van der Waals surface area contributed by atoms with Crippen LogP contribution in [0.3, 0.4) is 0 Å². The zero-order valence-electron chi connectivity index (χ0n) is 22.1. The summed E-state index contributed by atoms with van der Waals surface area (Å²) in [6.07, 6.45) is -2.14. The molecule has 1 heterocycles. The van der Waals surface area contributed by atoms with E-state index < -0.39 is 53.4 Å². The van der Waals surface area contributed by atoms with Gasteiger partial charge in [0, 0.05) is 46.5 Å². The first-order chi connectivity index (χ1) is 17.6. The Morgan fingerprint density at radius 1 is 1.14 bits per heavy atom. The Labute approximate surface area is 217 Å². The molecule has 1 aromatic rings. The van der Waals surface area contributed by atoms with Crippen molar-refractivity contribution < 1.29 is 42.8 Å². The molecule has 0 saturated carbocycles. The summed E-state index contributed by atoms with van der Waals surface area (Å²) in [5.74, 6) is -3.06. The van der Waals surface area contributed by atoms with Crippen LogP contribution in [0.25, 0.3) is 0 Å². The number of aliphatic hydroxyl groups is 2. The molecule has 2 rings (SSSR count). The standard InChI is InChI=1S/C26H40F2N2O7/c1-17(2)12-18-13-29(23(32)16-35-3)14-22(36-4)25(33)21(31)15-37-11-6-5-10-30(18)26(34)24-19(27)8-7-9-20(24)28/h7-9,17-18,21-22,25,31,33H,5-6,10-16H2,1-4H3/t18-,21+,22+,25+/m0/s1. The normalized spacial score (nSPS) is 24.7. The SMILES string of the molecule is COCC(=O)N1C[C@H](CC(C)C)N(C(=O)c2c(F)cccc2F)CCCCOC[C@@H](O)[C@@H](O)[C@H](OC)C1. The number of carbonyl (C=O) groups excluding carboxylic acids is 2. The Morgan fingerprint density at radius 3 is 2.41 bits per heavy atom. The smallest absolute Gasteiger partial charge is 0.260 e. The molecule has 1 fully saturated rings. The third-order valence-electron chi connectivity index (χ3n) is 6.38. The van der Waals surface area contributed by atoms with Crippen molar-refractivity contribution in [1.82, 2.24) is 9.80 Å². The molecule has 1 aliphatic heterocycles. The number of amides is 2. The number of rotatable bonds is 6. The van der Waals surface area contributed by atoms with Gasteiger partial charge in [0.05, 0.1) is 6.61 Å². The third kappa shape index (κ3) is 8.96. The second-order valence-corrected chi connectivity index (χ2v) is 9.72. The van der Waals surface area contributed by atoms with Crippen LogP contribution >= 0.6 is 0 Å². The molecule has 4 atom stereocenters. The van der Waals surface area contributed by atoms with Gasteiger partial charge in [-0.1, -0.05) is 19.9 Å². The predicted molar refractivity (Wildman–Crippen MR) is 132 cm³/mol. The van der Waals surface area contributed by atoms with Crippen LogP contribution in [0.1, 0.15) is 43.5 Å². The van der Waals surface area contributed by atoms with Gasteiger partial charge in [0.2, 0.25) is 5.91 Å². The molecule has 0 radical (unpaired) electrons. The molecule has 0 bridgehead atoms. The number of carbonyl (C=O) groups is 2. The molecule has 0 aliphatic carbocycles. The highest BCUT2D eigenvalue weighted by atomic mass is 19.1. The molecule has 1 aromatic carbocycles. The topological polar surface area (TPSA) is 109 Å². The van der Waals surface area contributed by atoms with Gasteiger partial charge in [0.1, 0.15) is 42.1 Å². The fourth-order valence-corrected chi connectivity index (χ4v) is 4.46. The van der Waals surface area contributed by atoms with Gasteiger partial charge in [-0.05, 0) is 37.3 Å². The Kier molecular flexibility index (Phi) is 12.8. The van der Waals surface area contributed by atoms with E-state index in [2.05, 4.69) is 0 Å². The van der Waals surface area contributed by atoms with Crippen LogP contribution < -0.4 is 0 Å². The predicted octanol–water partition coefficient (Wildman–Crippen LogP) is 1.84. The minimum atomic E-state index is -1.35. The van der Waals surface area contributed by atoms with Crippen LogP contribution in [0.5, 0.6) is 0 Å². The van der Waals surface area contributed by atoms with E-state index in [1.54, 1.807) is 0 Å². The Morgan fingerprint density at radius 2 is 1.81 bits per heavy atom. The van der Waals surface area contributed by atoms with E-state index in [0.29, 0.717) is 19.3 Å². The zero-order chi connectivity index (χ0) is 27.5. The number of hydrogen-bond acceptors (Lipinski definition) is 7. The molecule has 2 amide bonds. The summed E-state index contributed by atoms with van der Waals surface area (Å²) >= 11 is 0. The molecule has 37 heavy (non-hydrogen) atoms. The molecule has 0 aromatic heterocycles. The van der Waals surface area contributed by atoms with Crippen LogP contribution in [-0.2, 0) is 19.0 Å². The second kappa shape index (κ2) is 15.3. The van der Waals surface area contributed by atoms with Crippen molar-refractivity contribution in [3.8, 4) is 0 Å². The molecular formula is C26H40F2N2O7. The number of aliphatic hydroxyl groups excluding tert-OH is 2. The van der Waals surface area contributed by atoms with Crippen molar-refractivity contribution in [3.63, 3.8) is 0 Å². The van der Waals surface area contributed by atoms with Gasteiger partial charge in [-0.15, -0.1) is 0 Å². The van der Waals surface area contributed by atoms with E-state index in [0.717, 1.165) is 12.1 Å². The highest BCUT2D eigenvalue weighted by Crippen LogP contribution is 2.22. The molecule has 1 saturated heterocycles. The molecule has 0 spiro atoms. The van der Waals surface area contributed by atoms with Crippen LogP contribution in [0.2, 0.25) is 0 Å². The summed E-state index contributed by atoms with van der Waals surface area (Å²) in [6, 6.07) is 2.67. The van der Waals surface area contributed by atoms with E-state index in [1.165, 1.54) is 30.1 Å². The molecule has 2 N–H and O–H groups in total. The van der Waals surface area contributed by atoms with E-state index in [1.807, 2.05) is 13.8 Å². The Hall–Kier alpha value is -2.18. The van der Waals surface area contributed by atoms with Crippen LogP contribution in [0.15, 0.2) is 18.2 Å². The van der Waals surface area contributed by atoms with E-state index in [9.17, 15) is 28.6 Å². The number of methoxy groups -OCH3 is 2. The third-order valence-corrected chi connectivity index (χ3v) is 6.38. The van der Waals surface area contributed by atoms with E-state index in [4.69, 9.17) is 14.2 Å². The van der Waals surface area contributed by atoms with Crippen molar-refractivity contribution in [2.45, 2.75) is 57.5 Å². The maximum Gasteiger partial charge on any atom is 0.260 e. The number of nitrogens with zero attached hydrogens (tertiary/aromatic N) is 2. The largest absolute Gasteiger partial charge is 0.388 e. The number of halogens is 2. The average molecular weight is 531 g/mol. The monoisotopic (exact) mass is 530 g/mol. The maximum absolute atomic E-state index is 14.6.